The second kappa shape index (κ2) is 5.25. The van der Waals surface area contributed by atoms with E-state index < -0.39 is 0 Å². The van der Waals surface area contributed by atoms with Crippen molar-refractivity contribution in [2.75, 3.05) is 13.6 Å². The number of aromatic amines is 1. The van der Waals surface area contributed by atoms with Gasteiger partial charge in [0.15, 0.2) is 0 Å². The van der Waals surface area contributed by atoms with Crippen LogP contribution in [-0.4, -0.2) is 23.6 Å². The van der Waals surface area contributed by atoms with E-state index in [0.29, 0.717) is 12.2 Å². The molecular formula is C12H15N3OS. The van der Waals surface area contributed by atoms with Crippen LogP contribution in [0.5, 0.6) is 0 Å². The Bertz CT molecular complexity index is 545. The average Bonchev–Trinajstić information content (AvgIpc) is 2.81. The minimum absolute atomic E-state index is 0.0313. The van der Waals surface area contributed by atoms with Crippen LogP contribution in [0.4, 0.5) is 0 Å². The van der Waals surface area contributed by atoms with Gasteiger partial charge in [0.25, 0.3) is 5.56 Å². The molecule has 0 saturated carbocycles. The molecule has 2 aromatic heterocycles. The fourth-order valence-corrected chi connectivity index (χ4v) is 2.35. The highest BCUT2D eigenvalue weighted by atomic mass is 32.1. The van der Waals surface area contributed by atoms with Crippen molar-refractivity contribution in [3.8, 4) is 10.7 Å². The fourth-order valence-electron chi connectivity index (χ4n) is 1.68. The topological polar surface area (TPSA) is 57.8 Å². The summed E-state index contributed by atoms with van der Waals surface area (Å²) in [5.41, 5.74) is 1.54. The molecule has 0 radical (unpaired) electrons. The molecule has 17 heavy (non-hydrogen) atoms. The van der Waals surface area contributed by atoms with Gasteiger partial charge in [-0.15, -0.1) is 11.3 Å². The highest BCUT2D eigenvalue weighted by molar-refractivity contribution is 7.13. The molecule has 0 fully saturated rings. The molecule has 0 bridgehead atoms. The van der Waals surface area contributed by atoms with Gasteiger partial charge < -0.3 is 10.3 Å². The molecule has 2 aromatic rings. The maximum atomic E-state index is 11.9. The van der Waals surface area contributed by atoms with Gasteiger partial charge in [0.1, 0.15) is 5.82 Å². The predicted octanol–water partition coefficient (Wildman–Crippen LogP) is 1.57. The first-order valence-corrected chi connectivity index (χ1v) is 6.38. The zero-order chi connectivity index (χ0) is 12.3. The van der Waals surface area contributed by atoms with E-state index in [1.807, 2.05) is 31.5 Å². The van der Waals surface area contributed by atoms with Crippen molar-refractivity contribution >= 4 is 11.3 Å². The molecule has 0 aromatic carbocycles. The van der Waals surface area contributed by atoms with Gasteiger partial charge in [0, 0.05) is 11.3 Å². The third-order valence-corrected chi connectivity index (χ3v) is 3.48. The molecule has 2 rings (SSSR count). The fraction of sp³-hybridized carbons (Fsp3) is 0.333. The van der Waals surface area contributed by atoms with Crippen molar-refractivity contribution in [1.29, 1.82) is 0 Å². The standard InChI is InChI=1S/C12H15N3OS/c1-8-9(5-6-13-2)12(16)15-11(14-8)10-4-3-7-17-10/h3-4,7,13H,5-6H2,1-2H3,(H,14,15,16). The molecule has 0 spiro atoms. The number of nitrogens with one attached hydrogen (secondary N) is 2. The van der Waals surface area contributed by atoms with E-state index in [0.717, 1.165) is 22.7 Å². The van der Waals surface area contributed by atoms with Crippen molar-refractivity contribution in [2.24, 2.45) is 0 Å². The van der Waals surface area contributed by atoms with Crippen molar-refractivity contribution < 1.29 is 0 Å². The van der Waals surface area contributed by atoms with E-state index in [4.69, 9.17) is 0 Å². The zero-order valence-corrected chi connectivity index (χ0v) is 10.7. The number of aryl methyl sites for hydroxylation is 1. The van der Waals surface area contributed by atoms with Gasteiger partial charge in [-0.2, -0.15) is 0 Å². The molecule has 2 N–H and O–H groups in total. The van der Waals surface area contributed by atoms with Crippen LogP contribution in [0.3, 0.4) is 0 Å². The summed E-state index contributed by atoms with van der Waals surface area (Å²) in [7, 11) is 1.87. The Morgan fingerprint density at radius 2 is 2.35 bits per heavy atom. The van der Waals surface area contributed by atoms with Gasteiger partial charge in [-0.1, -0.05) is 6.07 Å². The van der Waals surface area contributed by atoms with Crippen LogP contribution < -0.4 is 10.9 Å². The zero-order valence-electron chi connectivity index (χ0n) is 9.91. The largest absolute Gasteiger partial charge is 0.319 e. The Morgan fingerprint density at radius 1 is 1.53 bits per heavy atom. The molecule has 0 amide bonds. The normalized spacial score (nSPS) is 10.7. The first-order valence-electron chi connectivity index (χ1n) is 5.50. The predicted molar refractivity (Wildman–Crippen MR) is 70.5 cm³/mol. The number of H-pyrrole nitrogens is 1. The highest BCUT2D eigenvalue weighted by Gasteiger charge is 2.09. The summed E-state index contributed by atoms with van der Waals surface area (Å²) in [5, 5.41) is 5.01. The van der Waals surface area contributed by atoms with E-state index in [1.165, 1.54) is 0 Å². The number of rotatable bonds is 4. The van der Waals surface area contributed by atoms with Crippen molar-refractivity contribution in [3.05, 3.63) is 39.1 Å². The molecule has 5 heteroatoms. The lowest BCUT2D eigenvalue weighted by Crippen LogP contribution is -2.21. The van der Waals surface area contributed by atoms with E-state index in [2.05, 4.69) is 15.3 Å². The Balaban J connectivity index is 2.38. The van der Waals surface area contributed by atoms with Gasteiger partial charge in [0.2, 0.25) is 0 Å². The first kappa shape index (κ1) is 12.0. The average molecular weight is 249 g/mol. The smallest absolute Gasteiger partial charge is 0.254 e. The summed E-state index contributed by atoms with van der Waals surface area (Å²) in [4.78, 5) is 20.2. The molecule has 0 aliphatic heterocycles. The monoisotopic (exact) mass is 249 g/mol. The molecular weight excluding hydrogens is 234 g/mol. The van der Waals surface area contributed by atoms with Gasteiger partial charge in [0.05, 0.1) is 4.88 Å². The van der Waals surface area contributed by atoms with Crippen LogP contribution in [0.2, 0.25) is 0 Å². The van der Waals surface area contributed by atoms with E-state index in [-0.39, 0.29) is 5.56 Å². The molecule has 0 unspecified atom stereocenters. The number of nitrogens with zero attached hydrogens (tertiary/aromatic N) is 1. The van der Waals surface area contributed by atoms with E-state index in [1.54, 1.807) is 11.3 Å². The summed E-state index contributed by atoms with van der Waals surface area (Å²) < 4.78 is 0. The number of aromatic nitrogens is 2. The minimum atomic E-state index is -0.0313. The second-order valence-electron chi connectivity index (χ2n) is 3.81. The number of thiophene rings is 1. The van der Waals surface area contributed by atoms with Gasteiger partial charge in [-0.05, 0) is 38.4 Å². The van der Waals surface area contributed by atoms with E-state index >= 15 is 0 Å². The Morgan fingerprint density at radius 3 is 2.94 bits per heavy atom. The Hall–Kier alpha value is -1.46. The van der Waals surface area contributed by atoms with Crippen LogP contribution in [-0.2, 0) is 6.42 Å². The number of hydrogen-bond acceptors (Lipinski definition) is 4. The Kier molecular flexibility index (Phi) is 3.71. The van der Waals surface area contributed by atoms with E-state index in [9.17, 15) is 4.79 Å². The third kappa shape index (κ3) is 2.62. The first-order chi connectivity index (χ1) is 8.22. The van der Waals surface area contributed by atoms with Gasteiger partial charge in [-0.3, -0.25) is 4.79 Å². The van der Waals surface area contributed by atoms with Gasteiger partial charge >= 0.3 is 0 Å². The lowest BCUT2D eigenvalue weighted by molar-refractivity contribution is 0.775. The molecule has 90 valence electrons. The lowest BCUT2D eigenvalue weighted by atomic mass is 10.1. The highest BCUT2D eigenvalue weighted by Crippen LogP contribution is 2.20. The molecule has 4 nitrogen and oxygen atoms in total. The summed E-state index contributed by atoms with van der Waals surface area (Å²) in [6, 6.07) is 3.90. The third-order valence-electron chi connectivity index (χ3n) is 2.60. The molecule has 0 aliphatic rings. The Labute approximate surface area is 104 Å². The summed E-state index contributed by atoms with van der Waals surface area (Å²) in [5.74, 6) is 0.663. The second-order valence-corrected chi connectivity index (χ2v) is 4.76. The van der Waals surface area contributed by atoms with Crippen LogP contribution in [0.15, 0.2) is 22.3 Å². The lowest BCUT2D eigenvalue weighted by Gasteiger charge is -2.05. The van der Waals surface area contributed by atoms with Crippen LogP contribution in [0.1, 0.15) is 11.3 Å². The van der Waals surface area contributed by atoms with Gasteiger partial charge in [-0.25, -0.2) is 4.98 Å². The van der Waals surface area contributed by atoms with Crippen molar-refractivity contribution in [2.45, 2.75) is 13.3 Å². The minimum Gasteiger partial charge on any atom is -0.319 e. The van der Waals surface area contributed by atoms with Crippen molar-refractivity contribution in [1.82, 2.24) is 15.3 Å². The van der Waals surface area contributed by atoms with Crippen molar-refractivity contribution in [3.63, 3.8) is 0 Å². The van der Waals surface area contributed by atoms with Crippen LogP contribution in [0.25, 0.3) is 10.7 Å². The summed E-state index contributed by atoms with van der Waals surface area (Å²) in [6.45, 7) is 2.67. The molecule has 2 heterocycles. The molecule has 0 saturated heterocycles. The quantitative estimate of drug-likeness (QED) is 0.864. The summed E-state index contributed by atoms with van der Waals surface area (Å²) >= 11 is 1.57. The maximum Gasteiger partial charge on any atom is 0.254 e. The SMILES string of the molecule is CNCCc1c(C)nc(-c2cccs2)[nH]c1=O. The molecule has 0 aliphatic carbocycles. The maximum absolute atomic E-state index is 11.9. The number of likely N-dealkylation sites (N-methyl/N-ethyl adjacent to an activating group) is 1. The number of hydrogen-bond donors (Lipinski definition) is 2. The van der Waals surface area contributed by atoms with Crippen LogP contribution >= 0.6 is 11.3 Å². The summed E-state index contributed by atoms with van der Waals surface area (Å²) in [6.07, 6.45) is 0.704. The molecule has 0 atom stereocenters. The van der Waals surface area contributed by atoms with Crippen LogP contribution in [0, 0.1) is 6.92 Å².